The molecule has 0 heterocycles. The average molecular weight is 510 g/mol. The van der Waals surface area contributed by atoms with Gasteiger partial charge in [-0.25, -0.2) is 0 Å². The van der Waals surface area contributed by atoms with Crippen molar-refractivity contribution in [3.63, 3.8) is 0 Å². The zero-order chi connectivity index (χ0) is 21.1. The summed E-state index contributed by atoms with van der Waals surface area (Å²) in [4.78, 5) is 0. The minimum absolute atomic E-state index is 0.142. The summed E-state index contributed by atoms with van der Waals surface area (Å²) in [6.07, 6.45) is 7.99. The minimum Gasteiger partial charge on any atom is -0.357 e. The van der Waals surface area contributed by atoms with E-state index in [9.17, 15) is 0 Å². The summed E-state index contributed by atoms with van der Waals surface area (Å²) in [6.45, 7) is 2.25. The van der Waals surface area contributed by atoms with Crippen molar-refractivity contribution in [2.75, 3.05) is 0 Å². The second-order valence-corrected chi connectivity index (χ2v) is 8.33. The lowest BCUT2D eigenvalue weighted by molar-refractivity contribution is -0.0502. The molecule has 0 fully saturated rings. The Labute approximate surface area is 195 Å². The first-order chi connectivity index (χ1) is 14.8. The summed E-state index contributed by atoms with van der Waals surface area (Å²) < 4.78 is 9.29. The number of unbranched alkanes of at least 4 members (excludes halogenated alkanes) is 2. The normalized spacial score (nSPS) is 12.9. The van der Waals surface area contributed by atoms with Crippen LogP contribution in [0, 0.1) is 0 Å². The van der Waals surface area contributed by atoms with Gasteiger partial charge in [-0.1, -0.05) is 146 Å². The highest BCUT2D eigenvalue weighted by Crippen LogP contribution is 2.42. The Morgan fingerprint density at radius 2 is 1.23 bits per heavy atom. The van der Waals surface area contributed by atoms with Crippen molar-refractivity contribution >= 4 is 22.6 Å². The number of hydrogen-bond acceptors (Lipinski definition) is 1. The van der Waals surface area contributed by atoms with Crippen LogP contribution < -0.4 is 0 Å². The van der Waals surface area contributed by atoms with Gasteiger partial charge in [0.05, 0.1) is 6.10 Å². The van der Waals surface area contributed by atoms with Crippen LogP contribution in [0.1, 0.15) is 55.7 Å². The summed E-state index contributed by atoms with van der Waals surface area (Å²) in [7, 11) is 0. The average Bonchev–Trinajstić information content (AvgIpc) is 2.82. The van der Waals surface area contributed by atoms with Crippen LogP contribution in [0.15, 0.2) is 101 Å². The molecular weight excluding hydrogens is 479 g/mol. The van der Waals surface area contributed by atoms with Crippen LogP contribution in [-0.2, 0) is 10.3 Å². The Morgan fingerprint density at radius 1 is 0.767 bits per heavy atom. The zero-order valence-corrected chi connectivity index (χ0v) is 19.9. The molecule has 0 aliphatic heterocycles. The second kappa shape index (κ2) is 12.1. The maximum atomic E-state index is 7.19. The largest absolute Gasteiger partial charge is 0.357 e. The predicted octanol–water partition coefficient (Wildman–Crippen LogP) is 8.28. The van der Waals surface area contributed by atoms with Gasteiger partial charge in [-0.15, -0.1) is 0 Å². The number of ether oxygens (including phenoxy) is 1. The van der Waals surface area contributed by atoms with Gasteiger partial charge in [-0.3, -0.25) is 0 Å². The Morgan fingerprint density at radius 3 is 1.63 bits per heavy atom. The third-order valence-electron chi connectivity index (χ3n) is 5.50. The first-order valence-corrected chi connectivity index (χ1v) is 12.2. The number of benzene rings is 3. The van der Waals surface area contributed by atoms with Crippen LogP contribution in [0.5, 0.6) is 0 Å². The molecule has 0 saturated heterocycles. The fourth-order valence-electron chi connectivity index (χ4n) is 4.02. The van der Waals surface area contributed by atoms with Crippen molar-refractivity contribution in [2.24, 2.45) is 0 Å². The second-order valence-electron chi connectivity index (χ2n) is 7.61. The zero-order valence-electron chi connectivity index (χ0n) is 17.7. The molecule has 0 N–H and O–H groups in total. The van der Waals surface area contributed by atoms with Gasteiger partial charge in [0.2, 0.25) is 0 Å². The molecule has 1 unspecified atom stereocenters. The Hall–Kier alpha value is -1.91. The third-order valence-corrected chi connectivity index (χ3v) is 6.01. The highest BCUT2D eigenvalue weighted by Gasteiger charge is 2.39. The van der Waals surface area contributed by atoms with E-state index in [1.165, 1.54) is 36.0 Å². The lowest BCUT2D eigenvalue weighted by Gasteiger charge is -2.39. The van der Waals surface area contributed by atoms with Crippen LogP contribution >= 0.6 is 22.6 Å². The van der Waals surface area contributed by atoms with Crippen molar-refractivity contribution in [1.29, 1.82) is 0 Å². The molecule has 0 bridgehead atoms. The predicted molar refractivity (Wildman–Crippen MR) is 136 cm³/mol. The molecule has 1 atom stereocenters. The summed E-state index contributed by atoms with van der Waals surface area (Å²) in [5.41, 5.74) is 2.86. The van der Waals surface area contributed by atoms with Gasteiger partial charge in [0.1, 0.15) is 5.60 Å². The van der Waals surface area contributed by atoms with Gasteiger partial charge < -0.3 is 4.74 Å². The van der Waals surface area contributed by atoms with Gasteiger partial charge in [0.15, 0.2) is 0 Å². The molecule has 0 radical (unpaired) electrons. The van der Waals surface area contributed by atoms with E-state index in [-0.39, 0.29) is 6.10 Å². The van der Waals surface area contributed by atoms with E-state index >= 15 is 0 Å². The van der Waals surface area contributed by atoms with E-state index in [1.807, 2.05) is 0 Å². The highest BCUT2D eigenvalue weighted by atomic mass is 127. The standard InChI is InChI=1S/C28H31IO/c1-2-3-7-21-27(22-14-23-29)30-28(24-15-8-4-9-16-24,25-17-10-5-11-18-25)26-19-12-6-13-20-26/h4-6,8-20,23,27H,2-3,7,21-22H2,1H3. The first kappa shape index (κ1) is 22.8. The van der Waals surface area contributed by atoms with Gasteiger partial charge in [-0.05, 0) is 33.6 Å². The quantitative estimate of drug-likeness (QED) is 0.143. The number of rotatable bonds is 11. The van der Waals surface area contributed by atoms with E-state index in [1.54, 1.807) is 0 Å². The van der Waals surface area contributed by atoms with Crippen LogP contribution in [0.3, 0.4) is 0 Å². The SMILES string of the molecule is CCCCCC(CC=CI)OC(c1ccccc1)(c1ccccc1)c1ccccc1. The maximum absolute atomic E-state index is 7.19. The number of hydrogen-bond donors (Lipinski definition) is 0. The number of halogens is 1. The molecule has 2 heteroatoms. The molecule has 0 amide bonds. The molecule has 0 spiro atoms. The van der Waals surface area contributed by atoms with Crippen LogP contribution in [0.2, 0.25) is 0 Å². The van der Waals surface area contributed by atoms with E-state index in [0.29, 0.717) is 0 Å². The summed E-state index contributed by atoms with van der Waals surface area (Å²) in [5.74, 6) is 0. The molecule has 0 saturated carbocycles. The molecule has 3 rings (SSSR count). The molecular formula is C28H31IO. The van der Waals surface area contributed by atoms with Crippen molar-refractivity contribution in [3.05, 3.63) is 118 Å². The summed E-state index contributed by atoms with van der Waals surface area (Å²) in [6, 6.07) is 32.0. The van der Waals surface area contributed by atoms with E-state index in [4.69, 9.17) is 4.74 Å². The molecule has 0 aliphatic carbocycles. The molecule has 156 valence electrons. The smallest absolute Gasteiger partial charge is 0.144 e. The molecule has 1 nitrogen and oxygen atoms in total. The van der Waals surface area contributed by atoms with Gasteiger partial charge >= 0.3 is 0 Å². The third kappa shape index (κ3) is 5.61. The van der Waals surface area contributed by atoms with Crippen molar-refractivity contribution in [2.45, 2.75) is 50.7 Å². The molecule has 0 aromatic heterocycles. The topological polar surface area (TPSA) is 9.23 Å². The summed E-state index contributed by atoms with van der Waals surface area (Å²) >= 11 is 2.30. The van der Waals surface area contributed by atoms with E-state index < -0.39 is 5.60 Å². The Balaban J connectivity index is 2.14. The first-order valence-electron chi connectivity index (χ1n) is 10.9. The minimum atomic E-state index is -0.639. The molecule has 0 aliphatic rings. The van der Waals surface area contributed by atoms with Crippen LogP contribution in [0.4, 0.5) is 0 Å². The van der Waals surface area contributed by atoms with Crippen molar-refractivity contribution in [1.82, 2.24) is 0 Å². The van der Waals surface area contributed by atoms with E-state index in [2.05, 4.69) is 131 Å². The molecule has 3 aromatic carbocycles. The maximum Gasteiger partial charge on any atom is 0.144 e. The Kier molecular flexibility index (Phi) is 9.16. The van der Waals surface area contributed by atoms with Gasteiger partial charge in [-0.2, -0.15) is 0 Å². The lowest BCUT2D eigenvalue weighted by Crippen LogP contribution is -2.37. The molecule has 3 aromatic rings. The fraction of sp³-hybridized carbons (Fsp3) is 0.286. The van der Waals surface area contributed by atoms with Crippen molar-refractivity contribution in [3.8, 4) is 0 Å². The van der Waals surface area contributed by atoms with Gasteiger partial charge in [0, 0.05) is 0 Å². The van der Waals surface area contributed by atoms with Crippen LogP contribution in [-0.4, -0.2) is 6.10 Å². The van der Waals surface area contributed by atoms with Crippen molar-refractivity contribution < 1.29 is 4.74 Å². The van der Waals surface area contributed by atoms with Gasteiger partial charge in [0.25, 0.3) is 0 Å². The van der Waals surface area contributed by atoms with Crippen LogP contribution in [0.25, 0.3) is 0 Å². The summed E-state index contributed by atoms with van der Waals surface area (Å²) in [5, 5.41) is 0. The lowest BCUT2D eigenvalue weighted by atomic mass is 9.79. The molecule has 30 heavy (non-hydrogen) atoms. The fourth-order valence-corrected chi connectivity index (χ4v) is 4.32. The monoisotopic (exact) mass is 510 g/mol. The Bertz CT molecular complexity index is 778. The van der Waals surface area contributed by atoms with E-state index in [0.717, 1.165) is 12.8 Å². The highest BCUT2D eigenvalue weighted by molar-refractivity contribution is 14.1.